The lowest BCUT2D eigenvalue weighted by Crippen LogP contribution is -2.42. The van der Waals surface area contributed by atoms with E-state index in [1.807, 2.05) is 18.2 Å². The van der Waals surface area contributed by atoms with E-state index < -0.39 is 0 Å². The van der Waals surface area contributed by atoms with Crippen LogP contribution in [0.25, 0.3) is 11.2 Å². The molecule has 0 aliphatic carbocycles. The molecule has 0 saturated carbocycles. The van der Waals surface area contributed by atoms with Crippen LogP contribution in [0.2, 0.25) is 0 Å². The molecule has 0 radical (unpaired) electrons. The summed E-state index contributed by atoms with van der Waals surface area (Å²) in [6.07, 6.45) is 4.51. The summed E-state index contributed by atoms with van der Waals surface area (Å²) >= 11 is 0. The predicted octanol–water partition coefficient (Wildman–Crippen LogP) is 2.24. The Kier molecular flexibility index (Phi) is 4.04. The van der Waals surface area contributed by atoms with Crippen molar-refractivity contribution in [3.05, 3.63) is 54.0 Å². The maximum absolute atomic E-state index is 5.56. The van der Waals surface area contributed by atoms with E-state index in [4.69, 9.17) is 4.74 Å². The zero-order chi connectivity index (χ0) is 16.4. The summed E-state index contributed by atoms with van der Waals surface area (Å²) in [7, 11) is 0. The van der Waals surface area contributed by atoms with Crippen molar-refractivity contribution in [2.45, 2.75) is 19.4 Å². The highest BCUT2D eigenvalue weighted by molar-refractivity contribution is 5.69. The van der Waals surface area contributed by atoms with Crippen LogP contribution in [0.15, 0.2) is 42.7 Å². The van der Waals surface area contributed by atoms with E-state index in [1.165, 1.54) is 5.56 Å². The molecule has 1 aromatic carbocycles. The first kappa shape index (κ1) is 15.0. The average Bonchev–Trinajstić information content (AvgIpc) is 2.62. The first-order chi connectivity index (χ1) is 11.8. The fourth-order valence-corrected chi connectivity index (χ4v) is 2.89. The van der Waals surface area contributed by atoms with Gasteiger partial charge >= 0.3 is 0 Å². The zero-order valence-corrected chi connectivity index (χ0v) is 13.6. The average molecular weight is 321 g/mol. The number of fused-ring (bicyclic) bond motifs is 1. The minimum atomic E-state index is 0.192. The van der Waals surface area contributed by atoms with Crippen LogP contribution >= 0.6 is 0 Å². The van der Waals surface area contributed by atoms with Gasteiger partial charge in [-0.15, -0.1) is 0 Å². The van der Waals surface area contributed by atoms with Gasteiger partial charge in [0, 0.05) is 19.5 Å². The third-order valence-corrected chi connectivity index (χ3v) is 4.09. The lowest BCUT2D eigenvalue weighted by molar-refractivity contribution is 0.0526. The molecule has 0 bridgehead atoms. The maximum Gasteiger partial charge on any atom is 0.227 e. The molecule has 1 saturated heterocycles. The molecule has 122 valence electrons. The minimum Gasteiger partial charge on any atom is -0.375 e. The Morgan fingerprint density at radius 2 is 2.00 bits per heavy atom. The number of anilines is 1. The SMILES string of the molecule is CC1CN(c2ncc3nc(Cc4ccccc4)cnc3n2)CCO1. The molecule has 0 amide bonds. The lowest BCUT2D eigenvalue weighted by atomic mass is 10.1. The van der Waals surface area contributed by atoms with Gasteiger partial charge in [0.25, 0.3) is 0 Å². The third-order valence-electron chi connectivity index (χ3n) is 4.09. The Labute approximate surface area is 140 Å². The second-order valence-corrected chi connectivity index (χ2v) is 6.03. The summed E-state index contributed by atoms with van der Waals surface area (Å²) in [6.45, 7) is 4.35. The molecule has 0 spiro atoms. The van der Waals surface area contributed by atoms with E-state index >= 15 is 0 Å². The fourth-order valence-electron chi connectivity index (χ4n) is 2.89. The summed E-state index contributed by atoms with van der Waals surface area (Å²) < 4.78 is 5.56. The second kappa shape index (κ2) is 6.49. The molecule has 0 N–H and O–H groups in total. The van der Waals surface area contributed by atoms with Crippen LogP contribution in [0.1, 0.15) is 18.2 Å². The molecule has 1 aliphatic heterocycles. The van der Waals surface area contributed by atoms with Crippen molar-refractivity contribution in [2.24, 2.45) is 0 Å². The number of aromatic nitrogens is 4. The van der Waals surface area contributed by atoms with Crippen LogP contribution in [-0.4, -0.2) is 45.7 Å². The maximum atomic E-state index is 5.56. The van der Waals surface area contributed by atoms with Crippen LogP contribution in [0.5, 0.6) is 0 Å². The molecule has 1 aliphatic rings. The van der Waals surface area contributed by atoms with E-state index in [-0.39, 0.29) is 6.10 Å². The largest absolute Gasteiger partial charge is 0.375 e. The number of nitrogens with zero attached hydrogens (tertiary/aromatic N) is 5. The molecule has 6 nitrogen and oxygen atoms in total. The van der Waals surface area contributed by atoms with Crippen LogP contribution in [0, 0.1) is 0 Å². The Morgan fingerprint density at radius 3 is 2.83 bits per heavy atom. The van der Waals surface area contributed by atoms with Gasteiger partial charge in [-0.05, 0) is 12.5 Å². The van der Waals surface area contributed by atoms with Crippen LogP contribution < -0.4 is 4.90 Å². The number of hydrogen-bond donors (Lipinski definition) is 0. The molecule has 6 heteroatoms. The van der Waals surface area contributed by atoms with Crippen molar-refractivity contribution in [3.63, 3.8) is 0 Å². The van der Waals surface area contributed by atoms with E-state index in [0.717, 1.165) is 30.7 Å². The van der Waals surface area contributed by atoms with Gasteiger partial charge < -0.3 is 9.64 Å². The molecule has 1 atom stereocenters. The van der Waals surface area contributed by atoms with Crippen molar-refractivity contribution >= 4 is 17.1 Å². The smallest absolute Gasteiger partial charge is 0.227 e. The van der Waals surface area contributed by atoms with Gasteiger partial charge in [0.2, 0.25) is 5.95 Å². The van der Waals surface area contributed by atoms with Gasteiger partial charge in [0.05, 0.1) is 30.8 Å². The van der Waals surface area contributed by atoms with Crippen molar-refractivity contribution < 1.29 is 4.74 Å². The van der Waals surface area contributed by atoms with Gasteiger partial charge in [-0.2, -0.15) is 4.98 Å². The number of morpholine rings is 1. The molecule has 4 rings (SSSR count). The van der Waals surface area contributed by atoms with E-state index in [9.17, 15) is 0 Å². The van der Waals surface area contributed by atoms with Gasteiger partial charge in [-0.25, -0.2) is 15.0 Å². The highest BCUT2D eigenvalue weighted by Gasteiger charge is 2.19. The standard InChI is InChI=1S/C18H19N5O/c1-13-12-23(7-8-24-13)18-20-11-16-17(22-18)19-10-15(21-16)9-14-5-3-2-4-6-14/h2-6,10-11,13H,7-9,12H2,1H3. The van der Waals surface area contributed by atoms with Crippen molar-refractivity contribution in [1.82, 2.24) is 19.9 Å². The van der Waals surface area contributed by atoms with Gasteiger partial charge in [-0.3, -0.25) is 0 Å². The van der Waals surface area contributed by atoms with Gasteiger partial charge in [0.15, 0.2) is 5.65 Å². The molecule has 3 aromatic rings. The monoisotopic (exact) mass is 321 g/mol. The van der Waals surface area contributed by atoms with Crippen molar-refractivity contribution in [3.8, 4) is 0 Å². The van der Waals surface area contributed by atoms with Crippen LogP contribution in [0.4, 0.5) is 5.95 Å². The molecule has 3 heterocycles. The van der Waals surface area contributed by atoms with Crippen LogP contribution in [-0.2, 0) is 11.2 Å². The topological polar surface area (TPSA) is 64.0 Å². The highest BCUT2D eigenvalue weighted by Crippen LogP contribution is 2.16. The fraction of sp³-hybridized carbons (Fsp3) is 0.333. The zero-order valence-electron chi connectivity index (χ0n) is 13.6. The molecular formula is C18H19N5O. The molecule has 2 aromatic heterocycles. The lowest BCUT2D eigenvalue weighted by Gasteiger charge is -2.30. The summed E-state index contributed by atoms with van der Waals surface area (Å²) in [5, 5.41) is 0. The molecule has 1 unspecified atom stereocenters. The summed E-state index contributed by atoms with van der Waals surface area (Å²) in [5.74, 6) is 0.697. The quantitative estimate of drug-likeness (QED) is 0.737. The molecular weight excluding hydrogens is 302 g/mol. The number of hydrogen-bond acceptors (Lipinski definition) is 6. The van der Waals surface area contributed by atoms with E-state index in [0.29, 0.717) is 18.2 Å². The molecule has 24 heavy (non-hydrogen) atoms. The van der Waals surface area contributed by atoms with Crippen LogP contribution in [0.3, 0.4) is 0 Å². The number of benzene rings is 1. The first-order valence-electron chi connectivity index (χ1n) is 8.17. The highest BCUT2D eigenvalue weighted by atomic mass is 16.5. The minimum absolute atomic E-state index is 0.192. The predicted molar refractivity (Wildman–Crippen MR) is 92.0 cm³/mol. The third kappa shape index (κ3) is 3.19. The summed E-state index contributed by atoms with van der Waals surface area (Å²) in [6, 6.07) is 10.2. The Morgan fingerprint density at radius 1 is 1.12 bits per heavy atom. The summed E-state index contributed by atoms with van der Waals surface area (Å²) in [4.78, 5) is 20.3. The van der Waals surface area contributed by atoms with E-state index in [1.54, 1.807) is 12.4 Å². The summed E-state index contributed by atoms with van der Waals surface area (Å²) in [5.41, 5.74) is 3.50. The Bertz CT molecular complexity index is 839. The first-order valence-corrected chi connectivity index (χ1v) is 8.17. The van der Waals surface area contributed by atoms with Crippen molar-refractivity contribution in [2.75, 3.05) is 24.6 Å². The normalized spacial score (nSPS) is 18.0. The number of ether oxygens (including phenoxy) is 1. The Hall–Kier alpha value is -2.60. The number of rotatable bonds is 3. The van der Waals surface area contributed by atoms with E-state index in [2.05, 4.69) is 43.9 Å². The van der Waals surface area contributed by atoms with Crippen molar-refractivity contribution in [1.29, 1.82) is 0 Å². The second-order valence-electron chi connectivity index (χ2n) is 6.03. The van der Waals surface area contributed by atoms with Gasteiger partial charge in [-0.1, -0.05) is 30.3 Å². The Balaban J connectivity index is 1.58. The van der Waals surface area contributed by atoms with Gasteiger partial charge in [0.1, 0.15) is 5.52 Å². The molecule has 1 fully saturated rings.